The molecule has 0 aliphatic carbocycles. The fraction of sp³-hybridized carbons (Fsp3) is 0.273. The van der Waals surface area contributed by atoms with Crippen LogP contribution >= 0.6 is 23.2 Å². The van der Waals surface area contributed by atoms with Crippen LogP contribution in [0.5, 0.6) is 0 Å². The first-order valence-corrected chi connectivity index (χ1v) is 5.95. The van der Waals surface area contributed by atoms with Gasteiger partial charge < -0.3 is 4.98 Å². The molecule has 2 aromatic heterocycles. The molecule has 1 N–H and O–H groups in total. The number of aromatic nitrogens is 3. The molecule has 0 radical (unpaired) electrons. The van der Waals surface area contributed by atoms with E-state index in [2.05, 4.69) is 16.0 Å². The van der Waals surface area contributed by atoms with Crippen molar-refractivity contribution in [3.63, 3.8) is 0 Å². The van der Waals surface area contributed by atoms with Crippen LogP contribution in [-0.2, 0) is 6.42 Å². The average Bonchev–Trinajstić information content (AvgIpc) is 2.83. The van der Waals surface area contributed by atoms with E-state index in [1.807, 2.05) is 6.92 Å². The molecule has 0 unspecified atom stereocenters. The number of nitriles is 1. The smallest absolute Gasteiger partial charge is 0.175 e. The van der Waals surface area contributed by atoms with Crippen LogP contribution in [0.25, 0.3) is 5.82 Å². The van der Waals surface area contributed by atoms with E-state index in [-0.39, 0.29) is 0 Å². The first-order valence-electron chi connectivity index (χ1n) is 5.19. The fourth-order valence-corrected chi connectivity index (χ4v) is 2.11. The molecule has 0 aromatic carbocycles. The Balaban J connectivity index is 2.55. The minimum absolute atomic E-state index is 0.369. The highest BCUT2D eigenvalue weighted by molar-refractivity contribution is 6.33. The molecule has 4 nitrogen and oxygen atoms in total. The summed E-state index contributed by atoms with van der Waals surface area (Å²) in [5, 5.41) is 9.92. The Kier molecular flexibility index (Phi) is 3.41. The molecule has 88 valence electrons. The minimum atomic E-state index is 0.369. The highest BCUT2D eigenvalue weighted by Gasteiger charge is 2.16. The molecule has 0 saturated heterocycles. The molecule has 2 aromatic rings. The molecule has 0 amide bonds. The molecule has 0 aliphatic rings. The summed E-state index contributed by atoms with van der Waals surface area (Å²) in [5.74, 6) is 1.22. The number of rotatable bonds is 3. The molecule has 0 saturated carbocycles. The summed E-state index contributed by atoms with van der Waals surface area (Å²) < 4.78 is 1.54. The Morgan fingerprint density at radius 3 is 2.59 bits per heavy atom. The molecule has 0 bridgehead atoms. The summed E-state index contributed by atoms with van der Waals surface area (Å²) >= 11 is 12.0. The van der Waals surface area contributed by atoms with Crippen molar-refractivity contribution < 1.29 is 0 Å². The summed E-state index contributed by atoms with van der Waals surface area (Å²) in [5.41, 5.74) is 0.369. The summed E-state index contributed by atoms with van der Waals surface area (Å²) in [6, 6.07) is 5.39. The maximum atomic E-state index is 9.06. The van der Waals surface area contributed by atoms with Crippen LogP contribution < -0.4 is 0 Å². The van der Waals surface area contributed by atoms with Crippen molar-refractivity contribution in [1.82, 2.24) is 14.5 Å². The van der Waals surface area contributed by atoms with Crippen molar-refractivity contribution in [3.8, 4) is 11.9 Å². The zero-order chi connectivity index (χ0) is 12.4. The van der Waals surface area contributed by atoms with Crippen LogP contribution in [0.1, 0.15) is 24.9 Å². The monoisotopic (exact) mass is 268 g/mol. The van der Waals surface area contributed by atoms with Crippen molar-refractivity contribution in [1.29, 1.82) is 5.26 Å². The summed E-state index contributed by atoms with van der Waals surface area (Å²) in [6.45, 7) is 2.05. The van der Waals surface area contributed by atoms with Gasteiger partial charge in [0.2, 0.25) is 0 Å². The number of nitrogens with zero attached hydrogens (tertiary/aromatic N) is 3. The Hall–Kier alpha value is -1.44. The van der Waals surface area contributed by atoms with Crippen molar-refractivity contribution in [2.45, 2.75) is 19.8 Å². The Morgan fingerprint density at radius 1 is 1.41 bits per heavy atom. The normalized spacial score (nSPS) is 10.5. The third-order valence-electron chi connectivity index (χ3n) is 2.33. The number of nitrogens with one attached hydrogen (secondary N) is 1. The fourth-order valence-electron chi connectivity index (χ4n) is 1.60. The Morgan fingerprint density at radius 2 is 2.06 bits per heavy atom. The maximum Gasteiger partial charge on any atom is 0.175 e. The van der Waals surface area contributed by atoms with Crippen LogP contribution in [0.2, 0.25) is 10.3 Å². The zero-order valence-corrected chi connectivity index (χ0v) is 10.7. The van der Waals surface area contributed by atoms with Gasteiger partial charge in [0, 0.05) is 6.42 Å². The van der Waals surface area contributed by atoms with Gasteiger partial charge in [-0.05, 0) is 18.6 Å². The number of H-pyrrole nitrogens is 1. The molecule has 0 atom stereocenters. The van der Waals surface area contributed by atoms with Gasteiger partial charge in [-0.1, -0.05) is 30.1 Å². The van der Waals surface area contributed by atoms with Gasteiger partial charge in [-0.2, -0.15) is 5.26 Å². The maximum absolute atomic E-state index is 9.06. The van der Waals surface area contributed by atoms with Gasteiger partial charge in [-0.25, -0.2) is 4.98 Å². The van der Waals surface area contributed by atoms with Crippen molar-refractivity contribution in [3.05, 3.63) is 34.0 Å². The van der Waals surface area contributed by atoms with Gasteiger partial charge in [-0.3, -0.25) is 4.57 Å². The minimum Gasteiger partial charge on any atom is -0.332 e. The molecule has 0 aliphatic heterocycles. The lowest BCUT2D eigenvalue weighted by Gasteiger charge is -2.02. The van der Waals surface area contributed by atoms with Crippen LogP contribution in [0.4, 0.5) is 0 Å². The van der Waals surface area contributed by atoms with Crippen LogP contribution in [0, 0.1) is 11.3 Å². The number of hydrogen-bond donors (Lipinski definition) is 1. The molecular formula is C11H10Cl2N4. The zero-order valence-electron chi connectivity index (χ0n) is 9.17. The third-order valence-corrected chi connectivity index (χ3v) is 2.92. The third kappa shape index (κ3) is 2.17. The SMILES string of the molecule is CCCc1nc(-n2c(Cl)ccc2Cl)c(C#N)[nH]1. The molecule has 0 spiro atoms. The second-order valence-electron chi connectivity index (χ2n) is 3.56. The summed E-state index contributed by atoms with van der Waals surface area (Å²) in [4.78, 5) is 7.32. The second kappa shape index (κ2) is 4.82. The van der Waals surface area contributed by atoms with Crippen LogP contribution in [-0.4, -0.2) is 14.5 Å². The highest BCUT2D eigenvalue weighted by Crippen LogP contribution is 2.25. The standard InChI is InChI=1S/C11H10Cl2N4/c1-2-3-10-15-7(6-14)11(16-10)17-8(12)4-5-9(17)13/h4-5H,2-3H2,1H3,(H,15,16). The number of aromatic amines is 1. The Bertz CT molecular complexity index is 557. The number of halogens is 2. The first-order chi connectivity index (χ1) is 8.17. The molecule has 2 rings (SSSR count). The molecular weight excluding hydrogens is 259 g/mol. The van der Waals surface area contributed by atoms with E-state index in [4.69, 9.17) is 28.5 Å². The molecule has 0 fully saturated rings. The summed E-state index contributed by atoms with van der Waals surface area (Å²) in [6.07, 6.45) is 1.73. The van der Waals surface area contributed by atoms with E-state index >= 15 is 0 Å². The van der Waals surface area contributed by atoms with Crippen molar-refractivity contribution in [2.75, 3.05) is 0 Å². The number of hydrogen-bond acceptors (Lipinski definition) is 2. The van der Waals surface area contributed by atoms with Gasteiger partial charge >= 0.3 is 0 Å². The van der Waals surface area contributed by atoms with Crippen LogP contribution in [0.3, 0.4) is 0 Å². The van der Waals surface area contributed by atoms with E-state index in [1.54, 1.807) is 12.1 Å². The topological polar surface area (TPSA) is 57.4 Å². The molecule has 17 heavy (non-hydrogen) atoms. The van der Waals surface area contributed by atoms with Gasteiger partial charge in [0.25, 0.3) is 0 Å². The lowest BCUT2D eigenvalue weighted by Crippen LogP contribution is -1.97. The Labute approximate surface area is 109 Å². The number of aryl methyl sites for hydroxylation is 1. The van der Waals surface area contributed by atoms with Gasteiger partial charge in [-0.15, -0.1) is 0 Å². The summed E-state index contributed by atoms with van der Waals surface area (Å²) in [7, 11) is 0. The second-order valence-corrected chi connectivity index (χ2v) is 4.33. The van der Waals surface area contributed by atoms with E-state index < -0.39 is 0 Å². The van der Waals surface area contributed by atoms with E-state index in [1.165, 1.54) is 4.57 Å². The van der Waals surface area contributed by atoms with Crippen molar-refractivity contribution >= 4 is 23.2 Å². The van der Waals surface area contributed by atoms with E-state index in [0.717, 1.165) is 18.7 Å². The van der Waals surface area contributed by atoms with Crippen molar-refractivity contribution in [2.24, 2.45) is 0 Å². The van der Waals surface area contributed by atoms with Gasteiger partial charge in [0.1, 0.15) is 22.2 Å². The predicted octanol–water partition coefficient (Wildman–Crippen LogP) is 3.33. The number of imidazole rings is 1. The lowest BCUT2D eigenvalue weighted by atomic mass is 10.3. The lowest BCUT2D eigenvalue weighted by molar-refractivity contribution is 0.850. The molecule has 2 heterocycles. The first kappa shape index (κ1) is 12.0. The van der Waals surface area contributed by atoms with Crippen LogP contribution in [0.15, 0.2) is 12.1 Å². The predicted molar refractivity (Wildman–Crippen MR) is 66.6 cm³/mol. The molecule has 6 heteroatoms. The van der Waals surface area contributed by atoms with E-state index in [0.29, 0.717) is 21.8 Å². The highest BCUT2D eigenvalue weighted by atomic mass is 35.5. The van der Waals surface area contributed by atoms with E-state index in [9.17, 15) is 0 Å². The average molecular weight is 269 g/mol. The van der Waals surface area contributed by atoms with Gasteiger partial charge in [0.05, 0.1) is 0 Å². The largest absolute Gasteiger partial charge is 0.332 e. The van der Waals surface area contributed by atoms with Gasteiger partial charge in [0.15, 0.2) is 11.5 Å². The quantitative estimate of drug-likeness (QED) is 0.929.